The van der Waals surface area contributed by atoms with Crippen molar-refractivity contribution in [1.82, 2.24) is 0 Å². The lowest BCUT2D eigenvalue weighted by atomic mass is 10.0. The summed E-state index contributed by atoms with van der Waals surface area (Å²) in [5.74, 6) is 0.473. The third-order valence-electron chi connectivity index (χ3n) is 4.33. The van der Waals surface area contributed by atoms with Crippen molar-refractivity contribution >= 4 is 45.3 Å². The minimum absolute atomic E-state index is 0.329. The van der Waals surface area contributed by atoms with Gasteiger partial charge >= 0.3 is 10.9 Å². The fourth-order valence-electron chi connectivity index (χ4n) is 2.92. The lowest BCUT2D eigenvalue weighted by Crippen LogP contribution is -2.04. The van der Waals surface area contributed by atoms with Crippen LogP contribution in [0.4, 0.5) is 0 Å². The summed E-state index contributed by atoms with van der Waals surface area (Å²) in [6.07, 6.45) is 2.98. The normalized spacial score (nSPS) is 11.1. The van der Waals surface area contributed by atoms with Gasteiger partial charge in [0.05, 0.1) is 11.8 Å². The summed E-state index contributed by atoms with van der Waals surface area (Å²) >= 11 is 6.83. The van der Waals surface area contributed by atoms with Crippen molar-refractivity contribution in [2.45, 2.75) is 0 Å². The monoisotopic (exact) mass is 438 g/mol. The Morgan fingerprint density at radius 2 is 1.77 bits per heavy atom. The molecule has 30 heavy (non-hydrogen) atoms. The molecule has 0 aliphatic carbocycles. The number of hydrogen-bond acceptors (Lipinski definition) is 6. The van der Waals surface area contributed by atoms with Gasteiger partial charge in [-0.15, -0.1) is 0 Å². The molecule has 3 aromatic carbocycles. The molecular weight excluding hydrogens is 424 g/mol. The smallest absolute Gasteiger partial charge is 0.396 e. The van der Waals surface area contributed by atoms with Crippen molar-refractivity contribution < 1.29 is 18.7 Å². The highest BCUT2D eigenvalue weighted by molar-refractivity contribution is 7.16. The highest BCUT2D eigenvalue weighted by atomic mass is 35.5. The number of esters is 1. The first kappa shape index (κ1) is 19.9. The van der Waals surface area contributed by atoms with Crippen LogP contribution in [0.5, 0.6) is 11.5 Å². The van der Waals surface area contributed by atoms with Crippen LogP contribution in [0.15, 0.2) is 76.0 Å². The zero-order chi connectivity index (χ0) is 21.1. The molecular formula is C23H15ClO5S. The van der Waals surface area contributed by atoms with E-state index in [9.17, 15) is 9.59 Å². The van der Waals surface area contributed by atoms with Gasteiger partial charge in [-0.25, -0.2) is 9.59 Å². The molecule has 0 saturated carbocycles. The second-order valence-corrected chi connectivity index (χ2v) is 7.64. The van der Waals surface area contributed by atoms with Gasteiger partial charge in [0.2, 0.25) is 0 Å². The molecule has 5 nitrogen and oxygen atoms in total. The Morgan fingerprint density at radius 3 is 2.47 bits per heavy atom. The fraction of sp³-hybridized carbons (Fsp3) is 0.0435. The van der Waals surface area contributed by atoms with Crippen molar-refractivity contribution in [3.63, 3.8) is 0 Å². The molecule has 0 unspecified atom stereocenters. The molecule has 0 bridgehead atoms. The Morgan fingerprint density at radius 1 is 1.03 bits per heavy atom. The quantitative estimate of drug-likeness (QED) is 0.224. The summed E-state index contributed by atoms with van der Waals surface area (Å²) in [5, 5.41) is 0.617. The summed E-state index contributed by atoms with van der Waals surface area (Å²) < 4.78 is 16.6. The Hall–Kier alpha value is -3.35. The van der Waals surface area contributed by atoms with Crippen molar-refractivity contribution in [3.8, 4) is 22.6 Å². The molecule has 0 atom stereocenters. The minimum atomic E-state index is -0.546. The first-order chi connectivity index (χ1) is 14.5. The molecule has 0 aliphatic heterocycles. The predicted octanol–water partition coefficient (Wildman–Crippen LogP) is 5.80. The van der Waals surface area contributed by atoms with Crippen LogP contribution in [-0.2, 0) is 4.79 Å². The van der Waals surface area contributed by atoms with Gasteiger partial charge < -0.3 is 13.9 Å². The molecule has 0 radical (unpaired) electrons. The largest absolute Gasteiger partial charge is 0.497 e. The van der Waals surface area contributed by atoms with Crippen molar-refractivity contribution in [2.24, 2.45) is 0 Å². The number of rotatable bonds is 5. The number of fused-ring (bicyclic) bond motifs is 1. The molecule has 4 aromatic rings. The van der Waals surface area contributed by atoms with Gasteiger partial charge in [-0.05, 0) is 53.6 Å². The highest BCUT2D eigenvalue weighted by Crippen LogP contribution is 2.39. The Balaban J connectivity index is 1.70. The van der Waals surface area contributed by atoms with Gasteiger partial charge in [0.15, 0.2) is 0 Å². The van der Waals surface area contributed by atoms with E-state index in [1.165, 1.54) is 6.08 Å². The van der Waals surface area contributed by atoms with Crippen LogP contribution >= 0.6 is 22.9 Å². The number of carbonyl (C=O) groups excluding carboxylic acids is 1. The van der Waals surface area contributed by atoms with Crippen LogP contribution in [0.1, 0.15) is 5.56 Å². The van der Waals surface area contributed by atoms with Gasteiger partial charge in [-0.2, -0.15) is 0 Å². The van der Waals surface area contributed by atoms with Crippen LogP contribution < -0.4 is 14.4 Å². The maximum atomic E-state index is 12.4. The third-order valence-corrected chi connectivity index (χ3v) is 5.44. The summed E-state index contributed by atoms with van der Waals surface area (Å²) in [6.45, 7) is 0. The van der Waals surface area contributed by atoms with E-state index in [2.05, 4.69) is 0 Å². The van der Waals surface area contributed by atoms with Crippen molar-refractivity contribution in [2.75, 3.05) is 7.11 Å². The number of benzene rings is 3. The maximum Gasteiger partial charge on any atom is 0.396 e. The van der Waals surface area contributed by atoms with E-state index in [0.29, 0.717) is 32.4 Å². The summed E-state index contributed by atoms with van der Waals surface area (Å²) in [5.41, 5.74) is 2.63. The number of hydrogen-bond donors (Lipinski definition) is 0. The first-order valence-electron chi connectivity index (χ1n) is 8.90. The molecule has 0 amide bonds. The Labute approximate surface area is 180 Å². The van der Waals surface area contributed by atoms with Crippen molar-refractivity contribution in [1.29, 1.82) is 0 Å². The van der Waals surface area contributed by atoms with E-state index in [-0.39, 0.29) is 0 Å². The molecule has 1 aromatic heterocycles. The van der Waals surface area contributed by atoms with Crippen LogP contribution in [-0.4, -0.2) is 13.1 Å². The van der Waals surface area contributed by atoms with E-state index in [1.54, 1.807) is 61.7 Å². The summed E-state index contributed by atoms with van der Waals surface area (Å²) in [6, 6.07) is 17.6. The van der Waals surface area contributed by atoms with E-state index in [1.807, 2.05) is 12.1 Å². The maximum absolute atomic E-state index is 12.4. The van der Waals surface area contributed by atoms with E-state index < -0.39 is 10.9 Å². The second kappa shape index (κ2) is 8.57. The minimum Gasteiger partial charge on any atom is -0.497 e. The topological polar surface area (TPSA) is 65.7 Å². The second-order valence-electron chi connectivity index (χ2n) is 6.25. The SMILES string of the molecule is COc1ccc(-c2c(OC(=O)C=Cc3ccc(Cl)cc3)ccc3oc(=O)sc23)cc1. The van der Waals surface area contributed by atoms with Crippen LogP contribution in [0.3, 0.4) is 0 Å². The average Bonchev–Trinajstić information content (AvgIpc) is 3.13. The summed E-state index contributed by atoms with van der Waals surface area (Å²) in [4.78, 5) is 23.8. The standard InChI is InChI=1S/C23H15ClO5S/c1-27-17-9-5-15(6-10-17)21-18(11-12-19-22(21)30-23(26)29-19)28-20(25)13-4-14-2-7-16(24)8-3-14/h2-13H,1H3. The lowest BCUT2D eigenvalue weighted by Gasteiger charge is -2.10. The lowest BCUT2D eigenvalue weighted by molar-refractivity contribution is -0.128. The molecule has 150 valence electrons. The number of halogens is 1. The molecule has 7 heteroatoms. The van der Waals surface area contributed by atoms with Crippen LogP contribution in [0.25, 0.3) is 27.5 Å². The van der Waals surface area contributed by atoms with Gasteiger partial charge in [-0.3, -0.25) is 0 Å². The van der Waals surface area contributed by atoms with Crippen LogP contribution in [0, 0.1) is 0 Å². The molecule has 4 rings (SSSR count). The van der Waals surface area contributed by atoms with Crippen LogP contribution in [0.2, 0.25) is 5.02 Å². The van der Waals surface area contributed by atoms with E-state index in [0.717, 1.165) is 22.5 Å². The van der Waals surface area contributed by atoms with Crippen molar-refractivity contribution in [3.05, 3.63) is 87.1 Å². The highest BCUT2D eigenvalue weighted by Gasteiger charge is 2.17. The molecule has 0 spiro atoms. The van der Waals surface area contributed by atoms with Gasteiger partial charge in [0.25, 0.3) is 0 Å². The molecule has 0 fully saturated rings. The molecule has 1 heterocycles. The molecule has 0 N–H and O–H groups in total. The van der Waals surface area contributed by atoms with Gasteiger partial charge in [0, 0.05) is 16.7 Å². The Bertz CT molecular complexity index is 1280. The van der Waals surface area contributed by atoms with Gasteiger partial charge in [0.1, 0.15) is 17.1 Å². The molecule has 0 aliphatic rings. The predicted molar refractivity (Wildman–Crippen MR) is 118 cm³/mol. The third kappa shape index (κ3) is 4.30. The average molecular weight is 439 g/mol. The first-order valence-corrected chi connectivity index (χ1v) is 10.1. The van der Waals surface area contributed by atoms with Gasteiger partial charge in [-0.1, -0.05) is 47.2 Å². The number of carbonyl (C=O) groups is 1. The molecule has 0 saturated heterocycles. The Kier molecular flexibility index (Phi) is 5.70. The van der Waals surface area contributed by atoms with E-state index in [4.69, 9.17) is 25.5 Å². The zero-order valence-corrected chi connectivity index (χ0v) is 17.3. The fourth-order valence-corrected chi connectivity index (χ4v) is 3.87. The number of ether oxygens (including phenoxy) is 2. The summed E-state index contributed by atoms with van der Waals surface area (Å²) in [7, 11) is 1.58. The zero-order valence-electron chi connectivity index (χ0n) is 15.8. The number of methoxy groups -OCH3 is 1. The van der Waals surface area contributed by atoms with E-state index >= 15 is 0 Å².